The molecule has 0 aromatic heterocycles. The van der Waals surface area contributed by atoms with Crippen LogP contribution in [0, 0.1) is 17.1 Å². The maximum absolute atomic E-state index is 13.6. The van der Waals surface area contributed by atoms with Gasteiger partial charge in [-0.1, -0.05) is 11.6 Å². The van der Waals surface area contributed by atoms with Gasteiger partial charge in [0, 0.05) is 31.6 Å². The molecule has 1 aliphatic heterocycles. The highest BCUT2D eigenvalue weighted by Crippen LogP contribution is 2.29. The zero-order valence-corrected chi connectivity index (χ0v) is 14.8. The van der Waals surface area contributed by atoms with E-state index in [0.29, 0.717) is 31.6 Å². The molecule has 130 valence electrons. The van der Waals surface area contributed by atoms with Gasteiger partial charge in [-0.15, -0.1) is 0 Å². The molecule has 0 saturated carbocycles. The molecule has 7 heteroatoms. The van der Waals surface area contributed by atoms with Crippen molar-refractivity contribution in [2.75, 3.05) is 18.4 Å². The van der Waals surface area contributed by atoms with Gasteiger partial charge in [0.05, 0.1) is 11.1 Å². The molecule has 1 fully saturated rings. The molecule has 0 spiro atoms. The van der Waals surface area contributed by atoms with E-state index in [1.807, 2.05) is 20.8 Å². The molecule has 2 rings (SSSR count). The van der Waals surface area contributed by atoms with Gasteiger partial charge < -0.3 is 15.0 Å². The highest BCUT2D eigenvalue weighted by atomic mass is 35.5. The van der Waals surface area contributed by atoms with E-state index in [1.54, 1.807) is 11.0 Å². The lowest BCUT2D eigenvalue weighted by Crippen LogP contribution is -2.51. The van der Waals surface area contributed by atoms with Crippen LogP contribution >= 0.6 is 11.6 Å². The first kappa shape index (κ1) is 18.3. The summed E-state index contributed by atoms with van der Waals surface area (Å²) in [5, 5.41) is 12.7. The molecule has 0 radical (unpaired) electrons. The summed E-state index contributed by atoms with van der Waals surface area (Å²) in [4.78, 5) is 13.7. The third-order valence-corrected chi connectivity index (χ3v) is 4.09. The Bertz CT molecular complexity index is 659. The van der Waals surface area contributed by atoms with Gasteiger partial charge in [0.15, 0.2) is 0 Å². The van der Waals surface area contributed by atoms with Gasteiger partial charge in [-0.25, -0.2) is 9.18 Å². The van der Waals surface area contributed by atoms with Crippen LogP contribution in [0.1, 0.15) is 33.6 Å². The highest BCUT2D eigenvalue weighted by Gasteiger charge is 2.37. The molecule has 0 atom stereocenters. The number of anilines is 1. The minimum Gasteiger partial charge on any atom is -0.444 e. The van der Waals surface area contributed by atoms with Crippen LogP contribution in [0.2, 0.25) is 5.02 Å². The Hall–Kier alpha value is -2.00. The second-order valence-electron chi connectivity index (χ2n) is 6.92. The SMILES string of the molecule is CC(C)(C)OC(=O)N1CCC(C#N)(Nc2ccc(Cl)c(F)c2)CC1. The smallest absolute Gasteiger partial charge is 0.410 e. The Kier molecular flexibility index (Phi) is 5.24. The third kappa shape index (κ3) is 4.51. The zero-order chi connectivity index (χ0) is 18.0. The Morgan fingerprint density at radius 1 is 1.42 bits per heavy atom. The summed E-state index contributed by atoms with van der Waals surface area (Å²) in [6.07, 6.45) is 0.464. The van der Waals surface area contributed by atoms with Crippen LogP contribution in [0.5, 0.6) is 0 Å². The van der Waals surface area contributed by atoms with Crippen molar-refractivity contribution in [3.05, 3.63) is 29.0 Å². The van der Waals surface area contributed by atoms with Crippen LogP contribution < -0.4 is 5.32 Å². The van der Waals surface area contributed by atoms with E-state index in [-0.39, 0.29) is 11.1 Å². The summed E-state index contributed by atoms with van der Waals surface area (Å²) in [6, 6.07) is 6.60. The lowest BCUT2D eigenvalue weighted by Gasteiger charge is -2.38. The fourth-order valence-corrected chi connectivity index (χ4v) is 2.63. The number of carbonyl (C=O) groups is 1. The van der Waals surface area contributed by atoms with Gasteiger partial charge in [0.1, 0.15) is 17.0 Å². The van der Waals surface area contributed by atoms with Gasteiger partial charge >= 0.3 is 6.09 Å². The van der Waals surface area contributed by atoms with Crippen LogP contribution in [0.15, 0.2) is 18.2 Å². The van der Waals surface area contributed by atoms with Gasteiger partial charge in [0.25, 0.3) is 0 Å². The van der Waals surface area contributed by atoms with E-state index < -0.39 is 17.0 Å². The molecule has 1 N–H and O–H groups in total. The van der Waals surface area contributed by atoms with E-state index in [4.69, 9.17) is 16.3 Å². The van der Waals surface area contributed by atoms with E-state index in [9.17, 15) is 14.4 Å². The predicted octanol–water partition coefficient (Wildman–Crippen LogP) is 4.18. The molecule has 1 aromatic carbocycles. The van der Waals surface area contributed by atoms with Gasteiger partial charge in [-0.05, 0) is 39.0 Å². The lowest BCUT2D eigenvalue weighted by atomic mass is 9.88. The first-order valence-corrected chi connectivity index (χ1v) is 8.14. The summed E-state index contributed by atoms with van der Waals surface area (Å²) >= 11 is 5.67. The van der Waals surface area contributed by atoms with Crippen LogP contribution in [0.25, 0.3) is 0 Å². The van der Waals surface area contributed by atoms with Crippen LogP contribution in [-0.4, -0.2) is 35.2 Å². The Labute approximate surface area is 146 Å². The molecule has 1 aromatic rings. The summed E-state index contributed by atoms with van der Waals surface area (Å²) < 4.78 is 18.9. The Balaban J connectivity index is 2.02. The molecule has 24 heavy (non-hydrogen) atoms. The molecule has 1 aliphatic rings. The minimum atomic E-state index is -0.848. The van der Waals surface area contributed by atoms with Gasteiger partial charge in [-0.3, -0.25) is 0 Å². The lowest BCUT2D eigenvalue weighted by molar-refractivity contribution is 0.0195. The maximum atomic E-state index is 13.6. The number of nitrogens with one attached hydrogen (secondary N) is 1. The van der Waals surface area contributed by atoms with E-state index in [0.717, 1.165) is 0 Å². The van der Waals surface area contributed by atoms with Crippen molar-refractivity contribution < 1.29 is 13.9 Å². The van der Waals surface area contributed by atoms with Crippen molar-refractivity contribution >= 4 is 23.4 Å². The van der Waals surface area contributed by atoms with Crippen LogP contribution in [0.4, 0.5) is 14.9 Å². The first-order chi connectivity index (χ1) is 11.1. The summed E-state index contributed by atoms with van der Waals surface area (Å²) in [6.45, 7) is 6.22. The number of hydrogen-bond donors (Lipinski definition) is 1. The number of benzene rings is 1. The standard InChI is InChI=1S/C17H21ClFN3O2/c1-16(2,3)24-15(23)22-8-6-17(11-20,7-9-22)21-12-4-5-13(18)14(19)10-12/h4-5,10,21H,6-9H2,1-3H3. The van der Waals surface area contributed by atoms with E-state index in [1.165, 1.54) is 12.1 Å². The van der Waals surface area contributed by atoms with E-state index >= 15 is 0 Å². The number of nitriles is 1. The minimum absolute atomic E-state index is 0.0336. The third-order valence-electron chi connectivity index (χ3n) is 3.79. The van der Waals surface area contributed by atoms with Crippen LogP contribution in [0.3, 0.4) is 0 Å². The van der Waals surface area contributed by atoms with Crippen molar-refractivity contribution in [2.24, 2.45) is 0 Å². The molecule has 0 aliphatic carbocycles. The number of halogens is 2. The highest BCUT2D eigenvalue weighted by molar-refractivity contribution is 6.30. The van der Waals surface area contributed by atoms with Crippen molar-refractivity contribution in [1.29, 1.82) is 5.26 Å². The molecular weight excluding hydrogens is 333 g/mol. The Morgan fingerprint density at radius 3 is 2.54 bits per heavy atom. The summed E-state index contributed by atoms with van der Waals surface area (Å²) in [7, 11) is 0. The molecular formula is C17H21ClFN3O2. The van der Waals surface area contributed by atoms with Crippen molar-refractivity contribution in [2.45, 2.75) is 44.8 Å². The topological polar surface area (TPSA) is 65.4 Å². The maximum Gasteiger partial charge on any atom is 0.410 e. The molecule has 1 saturated heterocycles. The number of ether oxygens (including phenoxy) is 1. The van der Waals surface area contributed by atoms with Crippen molar-refractivity contribution in [3.8, 4) is 6.07 Å². The van der Waals surface area contributed by atoms with Crippen molar-refractivity contribution in [1.82, 2.24) is 4.90 Å². The molecule has 0 unspecified atom stereocenters. The largest absolute Gasteiger partial charge is 0.444 e. The number of amides is 1. The zero-order valence-electron chi connectivity index (χ0n) is 14.0. The monoisotopic (exact) mass is 353 g/mol. The first-order valence-electron chi connectivity index (χ1n) is 7.77. The number of hydrogen-bond acceptors (Lipinski definition) is 4. The molecule has 1 amide bonds. The molecule has 1 heterocycles. The fraction of sp³-hybridized carbons (Fsp3) is 0.529. The number of nitrogens with zero attached hydrogens (tertiary/aromatic N) is 2. The van der Waals surface area contributed by atoms with Gasteiger partial charge in [0.2, 0.25) is 0 Å². The molecule has 5 nitrogen and oxygen atoms in total. The van der Waals surface area contributed by atoms with Crippen molar-refractivity contribution in [3.63, 3.8) is 0 Å². The summed E-state index contributed by atoms with van der Waals surface area (Å²) in [5.74, 6) is -0.541. The average molecular weight is 354 g/mol. The average Bonchev–Trinajstić information content (AvgIpc) is 2.50. The molecule has 0 bridgehead atoms. The normalized spacial score (nSPS) is 17.1. The van der Waals surface area contributed by atoms with Gasteiger partial charge in [-0.2, -0.15) is 5.26 Å². The van der Waals surface area contributed by atoms with Crippen LogP contribution in [-0.2, 0) is 4.74 Å². The summed E-state index contributed by atoms with van der Waals surface area (Å²) in [5.41, 5.74) is -0.914. The number of carbonyl (C=O) groups excluding carboxylic acids is 1. The number of piperidine rings is 1. The number of rotatable bonds is 2. The predicted molar refractivity (Wildman–Crippen MR) is 90.4 cm³/mol. The Morgan fingerprint density at radius 2 is 2.04 bits per heavy atom. The quantitative estimate of drug-likeness (QED) is 0.866. The fourth-order valence-electron chi connectivity index (χ4n) is 2.51. The second-order valence-corrected chi connectivity index (χ2v) is 7.32. The second kappa shape index (κ2) is 6.86. The number of likely N-dealkylation sites (tertiary alicyclic amines) is 1. The van der Waals surface area contributed by atoms with E-state index in [2.05, 4.69) is 11.4 Å².